The molecule has 1 aromatic heterocycles. The number of nitrogens with zero attached hydrogens (tertiary/aromatic N) is 1. The zero-order chi connectivity index (χ0) is 14.0. The Hall–Kier alpha value is -1.34. The van der Waals surface area contributed by atoms with Gasteiger partial charge in [-0.25, -0.2) is 13.1 Å². The Kier molecular flexibility index (Phi) is 3.96. The summed E-state index contributed by atoms with van der Waals surface area (Å²) in [5.41, 5.74) is 5.36. The average molecular weight is 285 g/mol. The molecule has 1 aliphatic rings. The number of rotatable bonds is 4. The van der Waals surface area contributed by atoms with Gasteiger partial charge in [0, 0.05) is 19.3 Å². The van der Waals surface area contributed by atoms with Crippen LogP contribution < -0.4 is 10.5 Å². The first-order valence-electron chi connectivity index (χ1n) is 6.38. The lowest BCUT2D eigenvalue weighted by atomic mass is 9.96. The van der Waals surface area contributed by atoms with Crippen molar-refractivity contribution in [3.05, 3.63) is 18.0 Å². The predicted octanol–water partition coefficient (Wildman–Crippen LogP) is 0.735. The largest absolute Gasteiger partial charge is 0.364 e. The van der Waals surface area contributed by atoms with Crippen LogP contribution in [0.4, 0.5) is 0 Å². The highest BCUT2D eigenvalue weighted by atomic mass is 32.2. The van der Waals surface area contributed by atoms with Gasteiger partial charge in [0.25, 0.3) is 5.91 Å². The highest BCUT2D eigenvalue weighted by Gasteiger charge is 2.24. The molecule has 0 atom stereocenters. The number of aryl methyl sites for hydroxylation is 1. The van der Waals surface area contributed by atoms with Gasteiger partial charge < -0.3 is 10.3 Å². The summed E-state index contributed by atoms with van der Waals surface area (Å²) in [5, 5.41) is 0. The number of hydrogen-bond acceptors (Lipinski definition) is 3. The number of hydrogen-bond donors (Lipinski definition) is 2. The lowest BCUT2D eigenvalue weighted by Crippen LogP contribution is -2.36. The molecule has 1 heterocycles. The van der Waals surface area contributed by atoms with E-state index in [1.54, 1.807) is 7.05 Å². The standard InChI is InChI=1S/C12H19N3O3S/c1-15-8-10(7-11(15)12(13)16)19(17,18)14-9-5-3-2-4-6-9/h7-9,14H,2-6H2,1H3,(H2,13,16). The van der Waals surface area contributed by atoms with Gasteiger partial charge in [-0.3, -0.25) is 4.79 Å². The van der Waals surface area contributed by atoms with Crippen LogP contribution in [-0.2, 0) is 17.1 Å². The highest BCUT2D eigenvalue weighted by Crippen LogP contribution is 2.20. The number of nitrogens with two attached hydrogens (primary N) is 1. The first kappa shape index (κ1) is 14.1. The molecule has 1 aliphatic carbocycles. The topological polar surface area (TPSA) is 94.2 Å². The van der Waals surface area contributed by atoms with Gasteiger partial charge in [0.2, 0.25) is 10.0 Å². The van der Waals surface area contributed by atoms with Crippen molar-refractivity contribution >= 4 is 15.9 Å². The molecule has 0 unspecified atom stereocenters. The van der Waals surface area contributed by atoms with E-state index < -0.39 is 15.9 Å². The van der Waals surface area contributed by atoms with Gasteiger partial charge in [-0.2, -0.15) is 0 Å². The molecular formula is C12H19N3O3S. The molecule has 0 bridgehead atoms. The third kappa shape index (κ3) is 3.16. The maximum absolute atomic E-state index is 12.2. The minimum Gasteiger partial charge on any atom is -0.364 e. The van der Waals surface area contributed by atoms with E-state index in [4.69, 9.17) is 5.73 Å². The average Bonchev–Trinajstić information content (AvgIpc) is 2.73. The Morgan fingerprint density at radius 2 is 2.00 bits per heavy atom. The molecule has 0 saturated heterocycles. The summed E-state index contributed by atoms with van der Waals surface area (Å²) in [7, 11) is -1.98. The van der Waals surface area contributed by atoms with E-state index in [0.717, 1.165) is 32.1 Å². The van der Waals surface area contributed by atoms with E-state index in [-0.39, 0.29) is 16.6 Å². The predicted molar refractivity (Wildman–Crippen MR) is 71.1 cm³/mol. The van der Waals surface area contributed by atoms with E-state index in [1.165, 1.54) is 16.8 Å². The van der Waals surface area contributed by atoms with Crippen molar-refractivity contribution in [1.82, 2.24) is 9.29 Å². The lowest BCUT2D eigenvalue weighted by molar-refractivity contribution is 0.0992. The summed E-state index contributed by atoms with van der Waals surface area (Å²) >= 11 is 0. The smallest absolute Gasteiger partial charge is 0.265 e. The van der Waals surface area contributed by atoms with Crippen LogP contribution in [0.3, 0.4) is 0 Å². The van der Waals surface area contributed by atoms with Gasteiger partial charge in [0.1, 0.15) is 10.6 Å². The van der Waals surface area contributed by atoms with Crippen molar-refractivity contribution in [1.29, 1.82) is 0 Å². The second-order valence-electron chi connectivity index (χ2n) is 4.99. The lowest BCUT2D eigenvalue weighted by Gasteiger charge is -2.22. The first-order chi connectivity index (χ1) is 8.90. The minimum atomic E-state index is -3.57. The number of nitrogens with one attached hydrogen (secondary N) is 1. The molecular weight excluding hydrogens is 266 g/mol. The second kappa shape index (κ2) is 5.34. The Bertz CT molecular complexity index is 571. The molecule has 19 heavy (non-hydrogen) atoms. The number of carbonyl (C=O) groups is 1. The van der Waals surface area contributed by atoms with E-state index in [0.29, 0.717) is 0 Å². The quantitative estimate of drug-likeness (QED) is 0.854. The van der Waals surface area contributed by atoms with Crippen molar-refractivity contribution in [2.75, 3.05) is 0 Å². The van der Waals surface area contributed by atoms with Crippen molar-refractivity contribution in [2.24, 2.45) is 12.8 Å². The molecule has 0 aromatic carbocycles. The third-order valence-electron chi connectivity index (χ3n) is 3.47. The summed E-state index contributed by atoms with van der Waals surface area (Å²) in [6, 6.07) is 1.31. The van der Waals surface area contributed by atoms with Crippen molar-refractivity contribution in [2.45, 2.75) is 43.0 Å². The molecule has 0 spiro atoms. The van der Waals surface area contributed by atoms with Gasteiger partial charge in [-0.15, -0.1) is 0 Å². The summed E-state index contributed by atoms with van der Waals surface area (Å²) in [6.07, 6.45) is 6.41. The highest BCUT2D eigenvalue weighted by molar-refractivity contribution is 7.89. The maximum atomic E-state index is 12.2. The van der Waals surface area contributed by atoms with Crippen LogP contribution in [0.5, 0.6) is 0 Å². The van der Waals surface area contributed by atoms with Crippen LogP contribution in [0, 0.1) is 0 Å². The van der Waals surface area contributed by atoms with Crippen LogP contribution in [-0.4, -0.2) is 24.9 Å². The summed E-state index contributed by atoms with van der Waals surface area (Å²) < 4.78 is 28.6. The fourth-order valence-corrected chi connectivity index (χ4v) is 3.81. The molecule has 3 N–H and O–H groups in total. The number of aromatic nitrogens is 1. The van der Waals surface area contributed by atoms with Gasteiger partial charge in [0.15, 0.2) is 0 Å². The van der Waals surface area contributed by atoms with Crippen LogP contribution >= 0.6 is 0 Å². The fraction of sp³-hybridized carbons (Fsp3) is 0.583. The number of amides is 1. The van der Waals surface area contributed by atoms with E-state index in [2.05, 4.69) is 4.72 Å². The fourth-order valence-electron chi connectivity index (χ4n) is 2.43. The van der Waals surface area contributed by atoms with Gasteiger partial charge >= 0.3 is 0 Å². The third-order valence-corrected chi connectivity index (χ3v) is 4.96. The Labute approximate surface area is 113 Å². The Morgan fingerprint density at radius 1 is 1.37 bits per heavy atom. The molecule has 6 nitrogen and oxygen atoms in total. The zero-order valence-corrected chi connectivity index (χ0v) is 11.7. The van der Waals surface area contributed by atoms with E-state index in [9.17, 15) is 13.2 Å². The van der Waals surface area contributed by atoms with Crippen molar-refractivity contribution in [3.8, 4) is 0 Å². The minimum absolute atomic E-state index is 0.00372. The Morgan fingerprint density at radius 3 is 2.53 bits per heavy atom. The van der Waals surface area contributed by atoms with Crippen LogP contribution in [0.1, 0.15) is 42.6 Å². The number of primary amides is 1. The summed E-state index contributed by atoms with van der Waals surface area (Å²) in [5.74, 6) is -0.637. The molecule has 1 saturated carbocycles. The normalized spacial score (nSPS) is 17.5. The summed E-state index contributed by atoms with van der Waals surface area (Å²) in [4.78, 5) is 11.2. The summed E-state index contributed by atoms with van der Waals surface area (Å²) in [6.45, 7) is 0. The van der Waals surface area contributed by atoms with Gasteiger partial charge in [0.05, 0.1) is 0 Å². The molecule has 1 amide bonds. The van der Waals surface area contributed by atoms with Crippen LogP contribution in [0.15, 0.2) is 17.2 Å². The molecule has 0 radical (unpaired) electrons. The Balaban J connectivity index is 2.19. The zero-order valence-electron chi connectivity index (χ0n) is 10.9. The van der Waals surface area contributed by atoms with Gasteiger partial charge in [-0.05, 0) is 18.9 Å². The number of sulfonamides is 1. The van der Waals surface area contributed by atoms with E-state index in [1.807, 2.05) is 0 Å². The molecule has 1 aromatic rings. The SMILES string of the molecule is Cn1cc(S(=O)(=O)NC2CCCCC2)cc1C(N)=O. The van der Waals surface area contributed by atoms with Crippen molar-refractivity contribution in [3.63, 3.8) is 0 Å². The van der Waals surface area contributed by atoms with Crippen LogP contribution in [0.2, 0.25) is 0 Å². The molecule has 2 rings (SSSR count). The molecule has 106 valence electrons. The maximum Gasteiger partial charge on any atom is 0.265 e. The first-order valence-corrected chi connectivity index (χ1v) is 7.87. The van der Waals surface area contributed by atoms with Crippen molar-refractivity contribution < 1.29 is 13.2 Å². The molecule has 1 fully saturated rings. The second-order valence-corrected chi connectivity index (χ2v) is 6.71. The number of carbonyl (C=O) groups excluding carboxylic acids is 1. The monoisotopic (exact) mass is 285 g/mol. The molecule has 7 heteroatoms. The van der Waals surface area contributed by atoms with Crippen LogP contribution in [0.25, 0.3) is 0 Å². The van der Waals surface area contributed by atoms with Gasteiger partial charge in [-0.1, -0.05) is 19.3 Å². The van der Waals surface area contributed by atoms with E-state index >= 15 is 0 Å². The molecule has 0 aliphatic heterocycles.